The molecule has 0 aliphatic rings. The Morgan fingerprint density at radius 3 is 2.93 bits per heavy atom. The Morgan fingerprint density at radius 1 is 1.64 bits per heavy atom. The number of nitrogens with zero attached hydrogens (tertiary/aromatic N) is 2. The van der Waals surface area contributed by atoms with Crippen LogP contribution in [0.4, 0.5) is 0 Å². The summed E-state index contributed by atoms with van der Waals surface area (Å²) < 4.78 is 0. The summed E-state index contributed by atoms with van der Waals surface area (Å²) in [5, 5.41) is 8.57. The van der Waals surface area contributed by atoms with Crippen LogP contribution in [0.15, 0.2) is 18.3 Å². The number of hydrogen-bond acceptors (Lipinski definition) is 5. The van der Waals surface area contributed by atoms with E-state index in [2.05, 4.69) is 14.8 Å². The fourth-order valence-electron chi connectivity index (χ4n) is 0.640. The number of carbonyl (C=O) groups excluding carboxylic acids is 1. The van der Waals surface area contributed by atoms with Crippen LogP contribution in [-0.4, -0.2) is 40.5 Å². The minimum Gasteiger partial charge on any atom is -0.265 e. The molecule has 0 unspecified atom stereocenters. The van der Waals surface area contributed by atoms with Crippen molar-refractivity contribution >= 4 is 35.5 Å². The van der Waals surface area contributed by atoms with Crippen molar-refractivity contribution in [3.8, 4) is 11.9 Å². The normalized spacial score (nSPS) is 8.00. The van der Waals surface area contributed by atoms with E-state index >= 15 is 0 Å². The third-order valence-electron chi connectivity index (χ3n) is 1.13. The second-order valence-corrected chi connectivity index (χ2v) is 2.13. The van der Waals surface area contributed by atoms with E-state index in [1.165, 1.54) is 19.2 Å². The van der Waals surface area contributed by atoms with Gasteiger partial charge in [-0.2, -0.15) is 5.26 Å². The standard InChI is InChI=1S/C8H6N2O3.Na/c1-6(11)12-13-8-7(5-9)3-2-4-10-8;/h2-4H,1H3;. The second kappa shape index (κ2) is 6.38. The molecule has 0 amide bonds. The van der Waals surface area contributed by atoms with Crippen molar-refractivity contribution in [3.63, 3.8) is 0 Å². The van der Waals surface area contributed by atoms with Gasteiger partial charge in [0.25, 0.3) is 5.88 Å². The van der Waals surface area contributed by atoms with E-state index < -0.39 is 5.97 Å². The van der Waals surface area contributed by atoms with E-state index in [9.17, 15) is 4.79 Å². The van der Waals surface area contributed by atoms with Crippen LogP contribution in [0, 0.1) is 11.3 Å². The molecule has 0 aliphatic carbocycles. The monoisotopic (exact) mass is 201 g/mol. The van der Waals surface area contributed by atoms with Gasteiger partial charge in [0.05, 0.1) is 0 Å². The van der Waals surface area contributed by atoms with E-state index in [-0.39, 0.29) is 41.0 Å². The second-order valence-electron chi connectivity index (χ2n) is 2.13. The van der Waals surface area contributed by atoms with E-state index in [0.717, 1.165) is 0 Å². The molecular weight excluding hydrogens is 195 g/mol. The number of aromatic nitrogens is 1. The minimum atomic E-state index is -0.602. The van der Waals surface area contributed by atoms with Crippen molar-refractivity contribution in [2.75, 3.05) is 0 Å². The van der Waals surface area contributed by atoms with E-state index in [4.69, 9.17) is 5.26 Å². The van der Waals surface area contributed by atoms with Gasteiger partial charge in [-0.3, -0.25) is 4.89 Å². The van der Waals surface area contributed by atoms with Crippen molar-refractivity contribution in [1.29, 1.82) is 5.26 Å². The Balaban J connectivity index is 0.00000169. The van der Waals surface area contributed by atoms with E-state index in [0.29, 0.717) is 0 Å². The molecule has 5 nitrogen and oxygen atoms in total. The molecule has 0 bridgehead atoms. The first-order chi connectivity index (χ1) is 6.24. The zero-order valence-electron chi connectivity index (χ0n) is 7.85. The van der Waals surface area contributed by atoms with Crippen LogP contribution >= 0.6 is 0 Å². The summed E-state index contributed by atoms with van der Waals surface area (Å²) in [5.41, 5.74) is 0.212. The molecule has 67 valence electrons. The van der Waals surface area contributed by atoms with Crippen molar-refractivity contribution in [2.45, 2.75) is 6.92 Å². The maximum absolute atomic E-state index is 10.4. The van der Waals surface area contributed by atoms with Crippen LogP contribution in [0.25, 0.3) is 0 Å². The van der Waals surface area contributed by atoms with Crippen molar-refractivity contribution < 1.29 is 14.6 Å². The van der Waals surface area contributed by atoms with Crippen molar-refractivity contribution in [3.05, 3.63) is 23.9 Å². The van der Waals surface area contributed by atoms with Gasteiger partial charge in [-0.25, -0.2) is 14.7 Å². The van der Waals surface area contributed by atoms with Crippen LogP contribution in [0.3, 0.4) is 0 Å². The van der Waals surface area contributed by atoms with Crippen molar-refractivity contribution in [2.24, 2.45) is 0 Å². The average Bonchev–Trinajstić information content (AvgIpc) is 2.15. The predicted molar refractivity (Wildman–Crippen MR) is 47.1 cm³/mol. The molecule has 0 fully saturated rings. The quantitative estimate of drug-likeness (QED) is 0.394. The summed E-state index contributed by atoms with van der Waals surface area (Å²) in [6.07, 6.45) is 1.43. The number of nitriles is 1. The number of pyridine rings is 1. The van der Waals surface area contributed by atoms with Crippen molar-refractivity contribution in [1.82, 2.24) is 4.98 Å². The van der Waals surface area contributed by atoms with Crippen LogP contribution < -0.4 is 4.89 Å². The summed E-state index contributed by atoms with van der Waals surface area (Å²) in [4.78, 5) is 22.8. The molecule has 1 radical (unpaired) electrons. The fourth-order valence-corrected chi connectivity index (χ4v) is 0.640. The topological polar surface area (TPSA) is 72.2 Å². The molecule has 1 rings (SSSR count). The third-order valence-corrected chi connectivity index (χ3v) is 1.13. The Hall–Kier alpha value is -1.09. The Morgan fingerprint density at radius 2 is 2.36 bits per heavy atom. The molecule has 0 aliphatic heterocycles. The molecule has 0 atom stereocenters. The van der Waals surface area contributed by atoms with Gasteiger partial charge >= 0.3 is 5.97 Å². The summed E-state index contributed by atoms with van der Waals surface area (Å²) in [6.45, 7) is 1.19. The summed E-state index contributed by atoms with van der Waals surface area (Å²) in [5.74, 6) is -0.616. The largest absolute Gasteiger partial charge is 0.352 e. The van der Waals surface area contributed by atoms with Crippen LogP contribution in [0.5, 0.6) is 5.88 Å². The maximum atomic E-state index is 10.4. The molecular formula is C8H6N2NaO3. The molecule has 14 heavy (non-hydrogen) atoms. The molecule has 1 heterocycles. The molecule has 0 aromatic carbocycles. The van der Waals surface area contributed by atoms with Gasteiger partial charge in [0, 0.05) is 42.7 Å². The summed E-state index contributed by atoms with van der Waals surface area (Å²) in [6, 6.07) is 4.93. The molecule has 6 heteroatoms. The zero-order chi connectivity index (χ0) is 9.68. The van der Waals surface area contributed by atoms with Gasteiger partial charge in [0.1, 0.15) is 11.6 Å². The average molecular weight is 201 g/mol. The first-order valence-corrected chi connectivity index (χ1v) is 3.44. The van der Waals surface area contributed by atoms with Gasteiger partial charge in [0.15, 0.2) is 0 Å². The van der Waals surface area contributed by atoms with E-state index in [1.807, 2.05) is 6.07 Å². The third kappa shape index (κ3) is 3.75. The molecule has 1 aromatic rings. The van der Waals surface area contributed by atoms with Crippen LogP contribution in [-0.2, 0) is 9.68 Å². The number of hydrogen-bond donors (Lipinski definition) is 0. The van der Waals surface area contributed by atoms with E-state index in [1.54, 1.807) is 6.07 Å². The van der Waals surface area contributed by atoms with Gasteiger partial charge < -0.3 is 0 Å². The fraction of sp³-hybridized carbons (Fsp3) is 0.125. The molecule has 0 saturated heterocycles. The molecule has 1 aromatic heterocycles. The minimum absolute atomic E-state index is 0. The number of carbonyl (C=O) groups is 1. The van der Waals surface area contributed by atoms with Gasteiger partial charge in [-0.15, -0.1) is 0 Å². The SMILES string of the molecule is CC(=O)OOc1ncccc1C#N.[Na]. The first-order valence-electron chi connectivity index (χ1n) is 3.44. The first kappa shape index (κ1) is 12.9. The van der Waals surface area contributed by atoms with Crippen LogP contribution in [0.1, 0.15) is 12.5 Å². The maximum Gasteiger partial charge on any atom is 0.352 e. The molecule has 0 saturated carbocycles. The van der Waals surface area contributed by atoms with Gasteiger partial charge in [-0.1, -0.05) is 0 Å². The predicted octanol–water partition coefficient (Wildman–Crippen LogP) is 0.429. The van der Waals surface area contributed by atoms with Gasteiger partial charge in [-0.05, 0) is 12.1 Å². The summed E-state index contributed by atoms with van der Waals surface area (Å²) >= 11 is 0. The van der Waals surface area contributed by atoms with Crippen LogP contribution in [0.2, 0.25) is 0 Å². The Bertz CT molecular complexity index is 362. The molecule has 0 N–H and O–H groups in total. The van der Waals surface area contributed by atoms with Gasteiger partial charge in [0.2, 0.25) is 0 Å². The smallest absolute Gasteiger partial charge is 0.265 e. The molecule has 0 spiro atoms. The summed E-state index contributed by atoms with van der Waals surface area (Å²) in [7, 11) is 0. The number of rotatable bonds is 2. The Labute approximate surface area is 103 Å². The Kier molecular flexibility index (Phi) is 5.88. The zero-order valence-corrected chi connectivity index (χ0v) is 9.85.